The van der Waals surface area contributed by atoms with Gasteiger partial charge in [0.1, 0.15) is 24.1 Å². The van der Waals surface area contributed by atoms with Gasteiger partial charge in [-0.2, -0.15) is 5.26 Å². The maximum atomic E-state index is 14.4. The number of fused-ring (bicyclic) bond motifs is 1. The Morgan fingerprint density at radius 3 is 2.74 bits per heavy atom. The predicted octanol–water partition coefficient (Wildman–Crippen LogP) is 2.93. The number of likely N-dealkylation sites (N-methyl/N-ethyl adjacent to an activating group) is 2. The largest absolute Gasteiger partial charge is 0.493 e. The van der Waals surface area contributed by atoms with Gasteiger partial charge in [-0.05, 0) is 31.3 Å². The molecule has 2 aromatic carbocycles. The number of ether oxygens (including phenoxy) is 2. The molecule has 4 rings (SSSR count). The van der Waals surface area contributed by atoms with E-state index < -0.39 is 5.82 Å². The fraction of sp³-hybridized carbons (Fsp3) is 0.333. The Hall–Kier alpha value is -3.97. The number of carbonyl (C=O) groups is 1. The number of hydrogen-bond acceptors (Lipinski definition) is 8. The van der Waals surface area contributed by atoms with Crippen LogP contribution in [0.3, 0.4) is 0 Å². The quantitative estimate of drug-likeness (QED) is 0.594. The lowest BCUT2D eigenvalue weighted by molar-refractivity contribution is -0.133. The van der Waals surface area contributed by atoms with E-state index in [1.807, 2.05) is 18.0 Å². The van der Waals surface area contributed by atoms with Crippen LogP contribution in [-0.4, -0.2) is 72.6 Å². The Labute approximate surface area is 196 Å². The number of amides is 1. The van der Waals surface area contributed by atoms with Gasteiger partial charge in [0.15, 0.2) is 11.5 Å². The molecule has 9 nitrogen and oxygen atoms in total. The van der Waals surface area contributed by atoms with Crippen LogP contribution in [0.5, 0.6) is 11.5 Å². The summed E-state index contributed by atoms with van der Waals surface area (Å²) in [5.41, 5.74) is 0.989. The maximum absolute atomic E-state index is 14.4. The van der Waals surface area contributed by atoms with E-state index in [2.05, 4.69) is 15.3 Å². The molecule has 176 valence electrons. The third kappa shape index (κ3) is 4.56. The van der Waals surface area contributed by atoms with E-state index in [0.717, 1.165) is 6.07 Å². The van der Waals surface area contributed by atoms with Crippen molar-refractivity contribution in [2.75, 3.05) is 40.1 Å². The molecule has 2 heterocycles. The standard InChI is InChI=1S/C24H25FN6O3/c1-30(2)24(32)20-8-15(12-31(20)3)34-22-9-16-19(10-21(22)33-4)27-13-28-23(16)29-18-6-5-14(11-26)7-17(18)25/h5-7,9-10,13,15,20H,8,12H2,1-4H3,(H,27,28,29)/t15-,20+/m0/s1. The summed E-state index contributed by atoms with van der Waals surface area (Å²) in [6.45, 7) is 0.582. The Bertz CT molecular complexity index is 1280. The Morgan fingerprint density at radius 2 is 2.06 bits per heavy atom. The second-order valence-corrected chi connectivity index (χ2v) is 8.34. The van der Waals surface area contributed by atoms with Gasteiger partial charge >= 0.3 is 0 Å². The van der Waals surface area contributed by atoms with Gasteiger partial charge in [-0.25, -0.2) is 14.4 Å². The van der Waals surface area contributed by atoms with Crippen molar-refractivity contribution in [3.05, 3.63) is 48.0 Å². The number of benzene rings is 2. The number of anilines is 2. The highest BCUT2D eigenvalue weighted by Gasteiger charge is 2.36. The molecule has 1 fully saturated rings. The van der Waals surface area contributed by atoms with Gasteiger partial charge < -0.3 is 19.7 Å². The van der Waals surface area contributed by atoms with Crippen LogP contribution in [0.4, 0.5) is 15.9 Å². The summed E-state index contributed by atoms with van der Waals surface area (Å²) in [5, 5.41) is 12.5. The number of hydrogen-bond donors (Lipinski definition) is 1. The molecule has 1 saturated heterocycles. The number of likely N-dealkylation sites (tertiary alicyclic amines) is 1. The van der Waals surface area contributed by atoms with E-state index in [1.165, 1.54) is 18.5 Å². The van der Waals surface area contributed by atoms with Gasteiger partial charge in [0.2, 0.25) is 5.91 Å². The normalized spacial score (nSPS) is 17.9. The highest BCUT2D eigenvalue weighted by Crippen LogP contribution is 2.36. The van der Waals surface area contributed by atoms with Crippen LogP contribution in [0.1, 0.15) is 12.0 Å². The fourth-order valence-electron chi connectivity index (χ4n) is 4.03. The number of nitrogens with zero attached hydrogens (tertiary/aromatic N) is 5. The first kappa shape index (κ1) is 23.2. The molecule has 3 aromatic rings. The second kappa shape index (κ2) is 9.49. The molecule has 0 unspecified atom stereocenters. The van der Waals surface area contributed by atoms with E-state index in [-0.39, 0.29) is 29.3 Å². The summed E-state index contributed by atoms with van der Waals surface area (Å²) in [7, 11) is 6.92. The fourth-order valence-corrected chi connectivity index (χ4v) is 4.03. The zero-order valence-electron chi connectivity index (χ0n) is 19.4. The van der Waals surface area contributed by atoms with Crippen molar-refractivity contribution >= 4 is 28.3 Å². The second-order valence-electron chi connectivity index (χ2n) is 8.34. The van der Waals surface area contributed by atoms with Crippen molar-refractivity contribution in [3.63, 3.8) is 0 Å². The Balaban J connectivity index is 1.65. The first-order chi connectivity index (χ1) is 16.3. The van der Waals surface area contributed by atoms with Crippen LogP contribution in [0.25, 0.3) is 10.9 Å². The summed E-state index contributed by atoms with van der Waals surface area (Å²) >= 11 is 0. The van der Waals surface area contributed by atoms with Gasteiger partial charge in [0.05, 0.1) is 36.0 Å². The lowest BCUT2D eigenvalue weighted by atomic mass is 10.1. The minimum absolute atomic E-state index is 0.0309. The first-order valence-electron chi connectivity index (χ1n) is 10.7. The maximum Gasteiger partial charge on any atom is 0.239 e. The molecule has 1 aliphatic heterocycles. The SMILES string of the molecule is COc1cc2ncnc(Nc3ccc(C#N)cc3F)c2cc1O[C@H]1C[C@H](C(=O)N(C)C)N(C)C1. The highest BCUT2D eigenvalue weighted by molar-refractivity contribution is 5.93. The van der Waals surface area contributed by atoms with Gasteiger partial charge in [-0.15, -0.1) is 0 Å². The number of nitriles is 1. The molecule has 2 atom stereocenters. The molecule has 0 saturated carbocycles. The van der Waals surface area contributed by atoms with Crippen molar-refractivity contribution in [3.8, 4) is 17.6 Å². The lowest BCUT2D eigenvalue weighted by Crippen LogP contribution is -2.40. The molecule has 0 spiro atoms. The Morgan fingerprint density at radius 1 is 1.26 bits per heavy atom. The molecule has 0 radical (unpaired) electrons. The summed E-state index contributed by atoms with van der Waals surface area (Å²) in [4.78, 5) is 24.6. The highest BCUT2D eigenvalue weighted by atomic mass is 19.1. The molecular weight excluding hydrogens is 439 g/mol. The monoisotopic (exact) mass is 464 g/mol. The van der Waals surface area contributed by atoms with Crippen LogP contribution in [0, 0.1) is 17.1 Å². The molecule has 1 amide bonds. The number of rotatable bonds is 6. The van der Waals surface area contributed by atoms with Crippen molar-refractivity contribution in [2.24, 2.45) is 0 Å². The minimum Gasteiger partial charge on any atom is -0.493 e. The van der Waals surface area contributed by atoms with Crippen molar-refractivity contribution in [1.82, 2.24) is 19.8 Å². The Kier molecular flexibility index (Phi) is 6.47. The zero-order valence-corrected chi connectivity index (χ0v) is 19.4. The van der Waals surface area contributed by atoms with Gasteiger partial charge in [-0.3, -0.25) is 9.69 Å². The number of nitrogens with one attached hydrogen (secondary N) is 1. The van der Waals surface area contributed by atoms with E-state index in [4.69, 9.17) is 14.7 Å². The zero-order chi connectivity index (χ0) is 24.4. The third-order valence-electron chi connectivity index (χ3n) is 5.80. The van der Waals surface area contributed by atoms with Crippen molar-refractivity contribution in [1.29, 1.82) is 5.26 Å². The molecular formula is C24H25FN6O3. The van der Waals surface area contributed by atoms with Crippen LogP contribution >= 0.6 is 0 Å². The molecule has 0 bridgehead atoms. The minimum atomic E-state index is -0.568. The number of methoxy groups -OCH3 is 1. The average molecular weight is 465 g/mol. The van der Waals surface area contributed by atoms with Gasteiger partial charge in [-0.1, -0.05) is 0 Å². The summed E-state index contributed by atoms with van der Waals surface area (Å²) in [5.74, 6) is 0.811. The number of carbonyl (C=O) groups excluding carboxylic acids is 1. The predicted molar refractivity (Wildman–Crippen MR) is 125 cm³/mol. The topological polar surface area (TPSA) is 104 Å². The van der Waals surface area contributed by atoms with Gasteiger partial charge in [0.25, 0.3) is 0 Å². The molecule has 10 heteroatoms. The molecule has 1 aromatic heterocycles. The summed E-state index contributed by atoms with van der Waals surface area (Å²) in [6.07, 6.45) is 1.69. The lowest BCUT2D eigenvalue weighted by Gasteiger charge is -2.21. The van der Waals surface area contributed by atoms with Gasteiger partial charge in [0, 0.05) is 38.5 Å². The number of halogens is 1. The van der Waals surface area contributed by atoms with Crippen molar-refractivity contribution in [2.45, 2.75) is 18.6 Å². The summed E-state index contributed by atoms with van der Waals surface area (Å²) < 4.78 is 26.2. The number of aromatic nitrogens is 2. The third-order valence-corrected chi connectivity index (χ3v) is 5.80. The van der Waals surface area contributed by atoms with Crippen LogP contribution < -0.4 is 14.8 Å². The summed E-state index contributed by atoms with van der Waals surface area (Å²) in [6, 6.07) is 9.30. The average Bonchev–Trinajstić information content (AvgIpc) is 3.19. The smallest absolute Gasteiger partial charge is 0.239 e. The van der Waals surface area contributed by atoms with E-state index >= 15 is 0 Å². The van der Waals surface area contributed by atoms with E-state index in [0.29, 0.717) is 41.2 Å². The van der Waals surface area contributed by atoms with Crippen molar-refractivity contribution < 1.29 is 18.7 Å². The molecule has 1 aliphatic rings. The van der Waals surface area contributed by atoms with Crippen LogP contribution in [0.2, 0.25) is 0 Å². The van der Waals surface area contributed by atoms with Crippen LogP contribution in [-0.2, 0) is 4.79 Å². The van der Waals surface area contributed by atoms with Crippen LogP contribution in [0.15, 0.2) is 36.7 Å². The first-order valence-corrected chi connectivity index (χ1v) is 10.7. The molecule has 34 heavy (non-hydrogen) atoms. The molecule has 0 aliphatic carbocycles. The van der Waals surface area contributed by atoms with E-state index in [9.17, 15) is 9.18 Å². The molecule has 1 N–H and O–H groups in total. The van der Waals surface area contributed by atoms with E-state index in [1.54, 1.807) is 38.2 Å².